The molecule has 0 aliphatic carbocycles. The number of benzene rings is 2. The van der Waals surface area contributed by atoms with Crippen LogP contribution in [0.15, 0.2) is 60.7 Å². The van der Waals surface area contributed by atoms with Gasteiger partial charge in [-0.1, -0.05) is 74.5 Å². The highest BCUT2D eigenvalue weighted by Gasteiger charge is 2.27. The lowest BCUT2D eigenvalue weighted by atomic mass is 9.99. The van der Waals surface area contributed by atoms with Crippen LogP contribution >= 0.6 is 0 Å². The van der Waals surface area contributed by atoms with E-state index >= 15 is 0 Å². The Morgan fingerprint density at radius 3 is 1.97 bits per heavy atom. The van der Waals surface area contributed by atoms with Gasteiger partial charge in [0.15, 0.2) is 5.78 Å². The molecule has 0 saturated carbocycles. The SMILES string of the molecule is CC(C)C[C@H](NC(=O)CCc1ccccc1)C(=O)N[C@@H](Cc1ccccc1)C(=O)CF. The van der Waals surface area contributed by atoms with E-state index in [1.54, 1.807) is 0 Å². The van der Waals surface area contributed by atoms with Crippen molar-refractivity contribution in [2.45, 2.75) is 51.6 Å². The maximum Gasteiger partial charge on any atom is 0.243 e. The van der Waals surface area contributed by atoms with Crippen molar-refractivity contribution in [1.82, 2.24) is 10.6 Å². The molecule has 0 bridgehead atoms. The van der Waals surface area contributed by atoms with Gasteiger partial charge in [-0.3, -0.25) is 14.4 Å². The first-order valence-corrected chi connectivity index (χ1v) is 10.6. The van der Waals surface area contributed by atoms with Gasteiger partial charge >= 0.3 is 0 Å². The minimum absolute atomic E-state index is 0.148. The summed E-state index contributed by atoms with van der Waals surface area (Å²) in [5, 5.41) is 5.45. The Balaban J connectivity index is 2.01. The molecule has 0 aliphatic heterocycles. The zero-order valence-corrected chi connectivity index (χ0v) is 18.1. The van der Waals surface area contributed by atoms with Crippen LogP contribution in [0.4, 0.5) is 4.39 Å². The lowest BCUT2D eigenvalue weighted by molar-refractivity contribution is -0.132. The largest absolute Gasteiger partial charge is 0.344 e. The van der Waals surface area contributed by atoms with Crippen LogP contribution in [0.1, 0.15) is 37.8 Å². The number of aryl methyl sites for hydroxylation is 1. The molecule has 2 atom stereocenters. The quantitative estimate of drug-likeness (QED) is 0.546. The molecule has 31 heavy (non-hydrogen) atoms. The summed E-state index contributed by atoms with van der Waals surface area (Å²) >= 11 is 0. The number of rotatable bonds is 12. The first-order chi connectivity index (χ1) is 14.9. The number of ketones is 1. The van der Waals surface area contributed by atoms with Gasteiger partial charge in [-0.25, -0.2) is 4.39 Å². The normalized spacial score (nSPS) is 12.8. The summed E-state index contributed by atoms with van der Waals surface area (Å²) in [7, 11) is 0. The molecule has 6 heteroatoms. The Morgan fingerprint density at radius 2 is 1.42 bits per heavy atom. The van der Waals surface area contributed by atoms with Gasteiger partial charge in [-0.2, -0.15) is 0 Å². The van der Waals surface area contributed by atoms with Crippen LogP contribution in [-0.4, -0.2) is 36.4 Å². The van der Waals surface area contributed by atoms with Crippen molar-refractivity contribution in [2.75, 3.05) is 6.67 Å². The van der Waals surface area contributed by atoms with Gasteiger partial charge in [-0.15, -0.1) is 0 Å². The summed E-state index contributed by atoms with van der Waals surface area (Å²) in [4.78, 5) is 37.5. The second kappa shape index (κ2) is 12.6. The van der Waals surface area contributed by atoms with Crippen molar-refractivity contribution in [3.05, 3.63) is 71.8 Å². The highest BCUT2D eigenvalue weighted by atomic mass is 19.1. The lowest BCUT2D eigenvalue weighted by Gasteiger charge is -2.23. The number of alkyl halides is 1. The van der Waals surface area contributed by atoms with E-state index in [1.807, 2.05) is 74.5 Å². The maximum absolute atomic E-state index is 13.1. The van der Waals surface area contributed by atoms with Crippen molar-refractivity contribution in [1.29, 1.82) is 0 Å². The molecule has 0 saturated heterocycles. The van der Waals surface area contributed by atoms with E-state index in [2.05, 4.69) is 10.6 Å². The third kappa shape index (κ3) is 8.70. The fourth-order valence-corrected chi connectivity index (χ4v) is 3.33. The van der Waals surface area contributed by atoms with E-state index in [1.165, 1.54) is 0 Å². The van der Waals surface area contributed by atoms with Gasteiger partial charge in [0.1, 0.15) is 12.7 Å². The number of carbonyl (C=O) groups excluding carboxylic acids is 3. The second-order valence-electron chi connectivity index (χ2n) is 8.09. The number of carbonyl (C=O) groups is 3. The van der Waals surface area contributed by atoms with Crippen molar-refractivity contribution in [3.63, 3.8) is 0 Å². The average molecular weight is 427 g/mol. The molecule has 0 aromatic heterocycles. The van der Waals surface area contributed by atoms with Crippen LogP contribution in [0.5, 0.6) is 0 Å². The van der Waals surface area contributed by atoms with Crippen LogP contribution in [0.25, 0.3) is 0 Å². The van der Waals surface area contributed by atoms with E-state index in [0.717, 1.165) is 11.1 Å². The third-order valence-corrected chi connectivity index (χ3v) is 4.96. The molecule has 0 fully saturated rings. The molecule has 2 N–H and O–H groups in total. The molecule has 0 spiro atoms. The smallest absolute Gasteiger partial charge is 0.243 e. The van der Waals surface area contributed by atoms with Crippen LogP contribution in [-0.2, 0) is 27.2 Å². The molecular weight excluding hydrogens is 395 g/mol. The Labute approximate surface area is 183 Å². The summed E-state index contributed by atoms with van der Waals surface area (Å²) in [5.41, 5.74) is 1.86. The average Bonchev–Trinajstić information content (AvgIpc) is 2.77. The van der Waals surface area contributed by atoms with Gasteiger partial charge in [0.2, 0.25) is 11.8 Å². The monoisotopic (exact) mass is 426 g/mol. The first-order valence-electron chi connectivity index (χ1n) is 10.6. The summed E-state index contributed by atoms with van der Waals surface area (Å²) in [6, 6.07) is 17.0. The van der Waals surface area contributed by atoms with Crippen LogP contribution in [0, 0.1) is 5.92 Å². The van der Waals surface area contributed by atoms with Crippen molar-refractivity contribution in [3.8, 4) is 0 Å². The number of hydrogen-bond acceptors (Lipinski definition) is 3. The summed E-state index contributed by atoms with van der Waals surface area (Å²) in [6.07, 6.45) is 1.44. The van der Waals surface area contributed by atoms with Crippen molar-refractivity contribution >= 4 is 17.6 Å². The van der Waals surface area contributed by atoms with Gasteiger partial charge in [0.25, 0.3) is 0 Å². The highest BCUT2D eigenvalue weighted by molar-refractivity contribution is 5.93. The fraction of sp³-hybridized carbons (Fsp3) is 0.400. The van der Waals surface area contributed by atoms with Crippen molar-refractivity contribution in [2.24, 2.45) is 5.92 Å². The maximum atomic E-state index is 13.1. The standard InChI is InChI=1S/C25H31FN2O3/c1-18(2)15-22(27-24(30)14-13-19-9-5-3-6-10-19)25(31)28-21(23(29)17-26)16-20-11-7-4-8-12-20/h3-12,18,21-22H,13-17H2,1-2H3,(H,27,30)(H,28,31)/t21-,22-/m0/s1. The lowest BCUT2D eigenvalue weighted by Crippen LogP contribution is -2.53. The summed E-state index contributed by atoms with van der Waals surface area (Å²) in [6.45, 7) is 2.74. The van der Waals surface area contributed by atoms with Crippen molar-refractivity contribution < 1.29 is 18.8 Å². The summed E-state index contributed by atoms with van der Waals surface area (Å²) in [5.74, 6) is -1.24. The molecule has 0 heterocycles. The molecule has 2 amide bonds. The number of halogens is 1. The molecule has 5 nitrogen and oxygen atoms in total. The minimum Gasteiger partial charge on any atom is -0.344 e. The second-order valence-corrected chi connectivity index (χ2v) is 8.09. The zero-order valence-electron chi connectivity index (χ0n) is 18.1. The molecule has 0 aliphatic rings. The number of hydrogen-bond donors (Lipinski definition) is 2. The molecular formula is C25H31FN2O3. The predicted molar refractivity (Wildman–Crippen MR) is 119 cm³/mol. The van der Waals surface area contributed by atoms with Crippen LogP contribution < -0.4 is 10.6 Å². The Kier molecular flexibility index (Phi) is 9.88. The molecule has 2 aromatic rings. The Hall–Kier alpha value is -3.02. The molecule has 0 unspecified atom stereocenters. The number of amides is 2. The first kappa shape index (κ1) is 24.3. The molecule has 2 rings (SSSR count). The van der Waals surface area contributed by atoms with Crippen LogP contribution in [0.3, 0.4) is 0 Å². The molecule has 2 aromatic carbocycles. The highest BCUT2D eigenvalue weighted by Crippen LogP contribution is 2.09. The third-order valence-electron chi connectivity index (χ3n) is 4.96. The van der Waals surface area contributed by atoms with Gasteiger partial charge < -0.3 is 10.6 Å². The topological polar surface area (TPSA) is 75.3 Å². The van der Waals surface area contributed by atoms with Gasteiger partial charge in [-0.05, 0) is 36.3 Å². The fourth-order valence-electron chi connectivity index (χ4n) is 3.33. The zero-order chi connectivity index (χ0) is 22.6. The predicted octanol–water partition coefficient (Wildman–Crippen LogP) is 3.42. The number of nitrogens with one attached hydrogen (secondary N) is 2. The van der Waals surface area contributed by atoms with E-state index < -0.39 is 30.4 Å². The summed E-state index contributed by atoms with van der Waals surface area (Å²) < 4.78 is 13.1. The van der Waals surface area contributed by atoms with Crippen LogP contribution in [0.2, 0.25) is 0 Å². The van der Waals surface area contributed by atoms with E-state index in [4.69, 9.17) is 0 Å². The Bertz CT molecular complexity index is 840. The molecule has 166 valence electrons. The van der Waals surface area contributed by atoms with Gasteiger partial charge in [0, 0.05) is 6.42 Å². The number of Topliss-reactive ketones (excluding diaryl/α,β-unsaturated/α-hetero) is 1. The van der Waals surface area contributed by atoms with Gasteiger partial charge in [0.05, 0.1) is 6.04 Å². The minimum atomic E-state index is -1.16. The van der Waals surface area contributed by atoms with E-state index in [0.29, 0.717) is 12.8 Å². The Morgan fingerprint density at radius 1 is 0.839 bits per heavy atom. The van der Waals surface area contributed by atoms with E-state index in [-0.39, 0.29) is 24.7 Å². The van der Waals surface area contributed by atoms with E-state index in [9.17, 15) is 18.8 Å². The molecule has 0 radical (unpaired) electrons.